The van der Waals surface area contributed by atoms with E-state index in [2.05, 4.69) is 33.4 Å². The second-order valence-corrected chi connectivity index (χ2v) is 4.66. The van der Waals surface area contributed by atoms with E-state index < -0.39 is 0 Å². The van der Waals surface area contributed by atoms with Gasteiger partial charge in [0.05, 0.1) is 7.11 Å². The van der Waals surface area contributed by atoms with Crippen molar-refractivity contribution >= 4 is 11.6 Å². The minimum Gasteiger partial charge on any atom is -0.497 e. The molecule has 0 atom stereocenters. The van der Waals surface area contributed by atoms with Gasteiger partial charge in [-0.15, -0.1) is 0 Å². The van der Waals surface area contributed by atoms with Crippen LogP contribution in [0.3, 0.4) is 0 Å². The SMILES string of the molecule is CCc1cc(NCc2cccc(OC)c2)n2ncnc2n1. The molecule has 0 amide bonds. The molecule has 1 N–H and O–H groups in total. The molecule has 2 heterocycles. The summed E-state index contributed by atoms with van der Waals surface area (Å²) in [5.41, 5.74) is 2.13. The Morgan fingerprint density at radius 1 is 1.29 bits per heavy atom. The second-order valence-electron chi connectivity index (χ2n) is 4.66. The highest BCUT2D eigenvalue weighted by atomic mass is 16.5. The molecule has 0 aliphatic rings. The standard InChI is InChI=1S/C15H17N5O/c1-3-12-8-14(20-15(19-12)17-10-18-20)16-9-11-5-4-6-13(7-11)21-2/h4-8,10,16H,3,9H2,1-2H3. The number of fused-ring (bicyclic) bond motifs is 1. The van der Waals surface area contributed by atoms with Gasteiger partial charge in [0.1, 0.15) is 17.9 Å². The van der Waals surface area contributed by atoms with Gasteiger partial charge in [-0.3, -0.25) is 0 Å². The summed E-state index contributed by atoms with van der Waals surface area (Å²) in [7, 11) is 1.67. The summed E-state index contributed by atoms with van der Waals surface area (Å²) < 4.78 is 6.94. The zero-order valence-corrected chi connectivity index (χ0v) is 12.1. The predicted octanol–water partition coefficient (Wildman–Crippen LogP) is 2.31. The Hall–Kier alpha value is -2.63. The number of hydrogen-bond donors (Lipinski definition) is 1. The average Bonchev–Trinajstić information content (AvgIpc) is 3.01. The molecule has 0 spiro atoms. The minimum atomic E-state index is 0.613. The molecule has 108 valence electrons. The molecule has 0 bridgehead atoms. The van der Waals surface area contributed by atoms with Crippen LogP contribution >= 0.6 is 0 Å². The molecule has 0 radical (unpaired) electrons. The number of nitrogens with zero attached hydrogens (tertiary/aromatic N) is 4. The molecule has 0 saturated heterocycles. The van der Waals surface area contributed by atoms with Gasteiger partial charge < -0.3 is 10.1 Å². The van der Waals surface area contributed by atoms with Crippen molar-refractivity contribution in [2.24, 2.45) is 0 Å². The third-order valence-electron chi connectivity index (χ3n) is 3.27. The normalized spacial score (nSPS) is 10.8. The van der Waals surface area contributed by atoms with Gasteiger partial charge in [0.15, 0.2) is 0 Å². The fourth-order valence-electron chi connectivity index (χ4n) is 2.14. The number of anilines is 1. The predicted molar refractivity (Wildman–Crippen MR) is 80.5 cm³/mol. The summed E-state index contributed by atoms with van der Waals surface area (Å²) >= 11 is 0. The van der Waals surface area contributed by atoms with E-state index in [4.69, 9.17) is 4.74 Å². The Labute approximate surface area is 122 Å². The summed E-state index contributed by atoms with van der Waals surface area (Å²) in [5, 5.41) is 7.58. The highest BCUT2D eigenvalue weighted by molar-refractivity contribution is 5.45. The first-order valence-corrected chi connectivity index (χ1v) is 6.86. The summed E-state index contributed by atoms with van der Waals surface area (Å²) in [6.45, 7) is 2.75. The van der Waals surface area contributed by atoms with Crippen LogP contribution in [-0.2, 0) is 13.0 Å². The van der Waals surface area contributed by atoms with Gasteiger partial charge >= 0.3 is 0 Å². The number of rotatable bonds is 5. The summed E-state index contributed by atoms with van der Waals surface area (Å²) in [6.07, 6.45) is 2.37. The van der Waals surface area contributed by atoms with Gasteiger partial charge in [-0.25, -0.2) is 4.98 Å². The molecule has 3 aromatic rings. The van der Waals surface area contributed by atoms with Crippen LogP contribution in [0.4, 0.5) is 5.82 Å². The van der Waals surface area contributed by atoms with Crippen LogP contribution in [0, 0.1) is 0 Å². The van der Waals surface area contributed by atoms with E-state index in [1.54, 1.807) is 11.6 Å². The quantitative estimate of drug-likeness (QED) is 0.778. The number of aryl methyl sites for hydroxylation is 1. The smallest absolute Gasteiger partial charge is 0.254 e. The van der Waals surface area contributed by atoms with Crippen molar-refractivity contribution in [3.63, 3.8) is 0 Å². The van der Waals surface area contributed by atoms with E-state index in [1.807, 2.05) is 24.3 Å². The number of benzene rings is 1. The maximum atomic E-state index is 5.24. The molecular weight excluding hydrogens is 266 g/mol. The third-order valence-corrected chi connectivity index (χ3v) is 3.27. The summed E-state index contributed by atoms with van der Waals surface area (Å²) in [4.78, 5) is 8.58. The van der Waals surface area contributed by atoms with E-state index in [0.717, 1.165) is 29.2 Å². The van der Waals surface area contributed by atoms with Crippen molar-refractivity contribution in [2.75, 3.05) is 12.4 Å². The number of hydrogen-bond acceptors (Lipinski definition) is 5. The monoisotopic (exact) mass is 283 g/mol. The van der Waals surface area contributed by atoms with Crippen molar-refractivity contribution in [2.45, 2.75) is 19.9 Å². The topological polar surface area (TPSA) is 64.3 Å². The zero-order valence-electron chi connectivity index (χ0n) is 12.1. The lowest BCUT2D eigenvalue weighted by Crippen LogP contribution is -2.07. The molecule has 0 aliphatic heterocycles. The molecular formula is C15H17N5O. The van der Waals surface area contributed by atoms with Gasteiger partial charge in [-0.2, -0.15) is 14.6 Å². The van der Waals surface area contributed by atoms with E-state index in [0.29, 0.717) is 12.3 Å². The van der Waals surface area contributed by atoms with Crippen LogP contribution in [0.2, 0.25) is 0 Å². The van der Waals surface area contributed by atoms with Crippen LogP contribution in [-0.4, -0.2) is 26.7 Å². The molecule has 0 aliphatic carbocycles. The number of nitrogens with one attached hydrogen (secondary N) is 1. The zero-order chi connectivity index (χ0) is 14.7. The van der Waals surface area contributed by atoms with Crippen molar-refractivity contribution in [1.29, 1.82) is 0 Å². The van der Waals surface area contributed by atoms with Gasteiger partial charge in [-0.1, -0.05) is 19.1 Å². The van der Waals surface area contributed by atoms with Crippen molar-refractivity contribution in [3.05, 3.63) is 47.9 Å². The fraction of sp³-hybridized carbons (Fsp3) is 0.267. The van der Waals surface area contributed by atoms with Crippen LogP contribution < -0.4 is 10.1 Å². The van der Waals surface area contributed by atoms with E-state index >= 15 is 0 Å². The fourth-order valence-corrected chi connectivity index (χ4v) is 2.14. The number of ether oxygens (including phenoxy) is 1. The Morgan fingerprint density at radius 3 is 3.00 bits per heavy atom. The van der Waals surface area contributed by atoms with Gasteiger partial charge in [0.25, 0.3) is 5.78 Å². The molecule has 0 saturated carbocycles. The molecule has 1 aromatic carbocycles. The van der Waals surface area contributed by atoms with E-state index in [1.165, 1.54) is 6.33 Å². The Bertz CT molecular complexity index is 753. The number of aromatic nitrogens is 4. The maximum Gasteiger partial charge on any atom is 0.254 e. The molecule has 6 nitrogen and oxygen atoms in total. The Morgan fingerprint density at radius 2 is 2.19 bits per heavy atom. The van der Waals surface area contributed by atoms with Crippen LogP contribution in [0.5, 0.6) is 5.75 Å². The maximum absolute atomic E-state index is 5.24. The van der Waals surface area contributed by atoms with Crippen molar-refractivity contribution in [1.82, 2.24) is 19.6 Å². The lowest BCUT2D eigenvalue weighted by Gasteiger charge is -2.10. The first-order valence-electron chi connectivity index (χ1n) is 6.86. The van der Waals surface area contributed by atoms with Gasteiger partial charge in [0, 0.05) is 18.3 Å². The summed E-state index contributed by atoms with van der Waals surface area (Å²) in [5.74, 6) is 2.35. The third kappa shape index (κ3) is 2.79. The van der Waals surface area contributed by atoms with Crippen molar-refractivity contribution < 1.29 is 4.74 Å². The van der Waals surface area contributed by atoms with Crippen molar-refractivity contribution in [3.8, 4) is 5.75 Å². The average molecular weight is 283 g/mol. The highest BCUT2D eigenvalue weighted by Gasteiger charge is 2.06. The Kier molecular flexibility index (Phi) is 3.68. The van der Waals surface area contributed by atoms with E-state index in [9.17, 15) is 0 Å². The first kappa shape index (κ1) is 13.4. The largest absolute Gasteiger partial charge is 0.497 e. The van der Waals surface area contributed by atoms with Gasteiger partial charge in [-0.05, 0) is 24.1 Å². The first-order chi connectivity index (χ1) is 10.3. The molecule has 21 heavy (non-hydrogen) atoms. The van der Waals surface area contributed by atoms with E-state index in [-0.39, 0.29) is 0 Å². The van der Waals surface area contributed by atoms with Crippen LogP contribution in [0.1, 0.15) is 18.2 Å². The second kappa shape index (κ2) is 5.78. The van der Waals surface area contributed by atoms with Gasteiger partial charge in [0.2, 0.25) is 0 Å². The number of methoxy groups -OCH3 is 1. The molecule has 3 rings (SSSR count). The molecule has 6 heteroatoms. The Balaban J connectivity index is 1.85. The summed E-state index contributed by atoms with van der Waals surface area (Å²) in [6, 6.07) is 9.97. The minimum absolute atomic E-state index is 0.613. The highest BCUT2D eigenvalue weighted by Crippen LogP contribution is 2.16. The molecule has 2 aromatic heterocycles. The van der Waals surface area contributed by atoms with Crippen LogP contribution in [0.25, 0.3) is 5.78 Å². The molecule has 0 fully saturated rings. The lowest BCUT2D eigenvalue weighted by atomic mass is 10.2. The lowest BCUT2D eigenvalue weighted by molar-refractivity contribution is 0.414. The van der Waals surface area contributed by atoms with Crippen LogP contribution in [0.15, 0.2) is 36.7 Å². The molecule has 0 unspecified atom stereocenters.